The monoisotopic (exact) mass is 448 g/mol. The lowest BCUT2D eigenvalue weighted by Gasteiger charge is -2.12. The Labute approximate surface area is 190 Å². The zero-order valence-electron chi connectivity index (χ0n) is 18.0. The third-order valence-corrected chi connectivity index (χ3v) is 7.21. The second-order valence-corrected chi connectivity index (χ2v) is 9.66. The van der Waals surface area contributed by atoms with Gasteiger partial charge in [0, 0.05) is 28.3 Å². The minimum absolute atomic E-state index is 0.0981. The fourth-order valence-corrected chi connectivity index (χ4v) is 5.13. The summed E-state index contributed by atoms with van der Waals surface area (Å²) in [6.07, 6.45) is 0. The van der Waals surface area contributed by atoms with Crippen molar-refractivity contribution < 1.29 is 4.79 Å². The number of aromatic nitrogens is 3. The molecule has 5 nitrogen and oxygen atoms in total. The second kappa shape index (κ2) is 9.08. The summed E-state index contributed by atoms with van der Waals surface area (Å²) in [5, 5.41) is 12.3. The maximum Gasteiger partial charge on any atom is 0.210 e. The van der Waals surface area contributed by atoms with E-state index in [1.807, 2.05) is 50.2 Å². The zero-order valence-corrected chi connectivity index (χ0v) is 19.6. The maximum absolute atomic E-state index is 13.0. The number of Topliss-reactive ketones (excluding diaryl/α,β-unsaturated/α-hetero) is 1. The fraction of sp³-hybridized carbons (Fsp3) is 0.208. The maximum atomic E-state index is 13.0. The van der Waals surface area contributed by atoms with E-state index in [4.69, 9.17) is 0 Å². The molecule has 0 amide bonds. The molecule has 4 rings (SSSR count). The molecule has 31 heavy (non-hydrogen) atoms. The molecule has 158 valence electrons. The van der Waals surface area contributed by atoms with Crippen molar-refractivity contribution in [3.63, 3.8) is 0 Å². The topological polar surface area (TPSA) is 59.8 Å². The molecular formula is C24H24N4OS2. The average molecular weight is 449 g/mol. The normalized spacial score (nSPS) is 11.0. The Balaban J connectivity index is 1.45. The van der Waals surface area contributed by atoms with Crippen molar-refractivity contribution in [3.05, 3.63) is 82.7 Å². The Morgan fingerprint density at radius 2 is 1.77 bits per heavy atom. The molecule has 0 aliphatic carbocycles. The number of aryl methyl sites for hydroxylation is 3. The number of hydrogen-bond donors (Lipinski definition) is 1. The van der Waals surface area contributed by atoms with Crippen LogP contribution in [-0.4, -0.2) is 26.3 Å². The molecule has 0 radical (unpaired) electrons. The van der Waals surface area contributed by atoms with Gasteiger partial charge in [-0.15, -0.1) is 10.2 Å². The van der Waals surface area contributed by atoms with Crippen molar-refractivity contribution in [3.8, 4) is 5.69 Å². The highest BCUT2D eigenvalue weighted by molar-refractivity contribution is 8.01. The SMILES string of the molecule is Cc1ccc(-n2c(C)cc(C(=O)CSc3nnc(Nc4ccccc4)s3)c2C)cc1C. The number of benzene rings is 2. The van der Waals surface area contributed by atoms with Gasteiger partial charge in [-0.1, -0.05) is 47.4 Å². The summed E-state index contributed by atoms with van der Waals surface area (Å²) in [5.74, 6) is 0.429. The van der Waals surface area contributed by atoms with Crippen molar-refractivity contribution in [2.24, 2.45) is 0 Å². The predicted molar refractivity (Wildman–Crippen MR) is 129 cm³/mol. The Morgan fingerprint density at radius 3 is 2.52 bits per heavy atom. The van der Waals surface area contributed by atoms with Crippen molar-refractivity contribution >= 4 is 39.7 Å². The van der Waals surface area contributed by atoms with Crippen LogP contribution in [0.5, 0.6) is 0 Å². The number of carbonyl (C=O) groups excluding carboxylic acids is 1. The smallest absolute Gasteiger partial charge is 0.210 e. The van der Waals surface area contributed by atoms with E-state index in [9.17, 15) is 4.79 Å². The number of ketones is 1. The van der Waals surface area contributed by atoms with Crippen LogP contribution in [0.1, 0.15) is 32.9 Å². The molecule has 0 bridgehead atoms. The quantitative estimate of drug-likeness (QED) is 0.266. The second-order valence-electron chi connectivity index (χ2n) is 7.46. The molecule has 1 N–H and O–H groups in total. The molecule has 0 atom stereocenters. The number of rotatable bonds is 7. The van der Waals surface area contributed by atoms with E-state index in [1.54, 1.807) is 0 Å². The highest BCUT2D eigenvalue weighted by Crippen LogP contribution is 2.29. The lowest BCUT2D eigenvalue weighted by atomic mass is 10.1. The third kappa shape index (κ3) is 4.73. The summed E-state index contributed by atoms with van der Waals surface area (Å²) in [7, 11) is 0. The zero-order chi connectivity index (χ0) is 22.0. The van der Waals surface area contributed by atoms with Gasteiger partial charge < -0.3 is 9.88 Å². The van der Waals surface area contributed by atoms with Crippen LogP contribution >= 0.6 is 23.1 Å². The van der Waals surface area contributed by atoms with Gasteiger partial charge in [0.05, 0.1) is 5.75 Å². The first-order valence-electron chi connectivity index (χ1n) is 10.0. The van der Waals surface area contributed by atoms with Gasteiger partial charge in [0.1, 0.15) is 0 Å². The number of carbonyl (C=O) groups is 1. The third-order valence-electron chi connectivity index (χ3n) is 5.24. The number of nitrogens with zero attached hydrogens (tertiary/aromatic N) is 3. The predicted octanol–water partition coefficient (Wildman–Crippen LogP) is 6.28. The van der Waals surface area contributed by atoms with Crippen LogP contribution in [0.2, 0.25) is 0 Å². The lowest BCUT2D eigenvalue weighted by molar-refractivity contribution is 0.102. The van der Waals surface area contributed by atoms with Crippen LogP contribution in [-0.2, 0) is 0 Å². The Bertz CT molecular complexity index is 1230. The summed E-state index contributed by atoms with van der Waals surface area (Å²) in [4.78, 5) is 13.0. The van der Waals surface area contributed by atoms with Gasteiger partial charge in [0.2, 0.25) is 5.13 Å². The van der Waals surface area contributed by atoms with E-state index >= 15 is 0 Å². The number of thioether (sulfide) groups is 1. The van der Waals surface area contributed by atoms with Crippen LogP contribution in [0, 0.1) is 27.7 Å². The van der Waals surface area contributed by atoms with E-state index < -0.39 is 0 Å². The van der Waals surface area contributed by atoms with E-state index in [0.717, 1.165) is 32.7 Å². The fourth-order valence-electron chi connectivity index (χ4n) is 3.48. The van der Waals surface area contributed by atoms with Gasteiger partial charge in [-0.25, -0.2) is 0 Å². The molecule has 0 fully saturated rings. The van der Waals surface area contributed by atoms with Crippen LogP contribution in [0.3, 0.4) is 0 Å². The van der Waals surface area contributed by atoms with Gasteiger partial charge in [0.15, 0.2) is 10.1 Å². The molecule has 2 aromatic heterocycles. The van der Waals surface area contributed by atoms with Crippen LogP contribution in [0.25, 0.3) is 5.69 Å². The van der Waals surface area contributed by atoms with Crippen LogP contribution in [0.15, 0.2) is 58.9 Å². The lowest BCUT2D eigenvalue weighted by Crippen LogP contribution is -2.05. The Morgan fingerprint density at radius 1 is 1.00 bits per heavy atom. The van der Waals surface area contributed by atoms with Gasteiger partial charge in [-0.05, 0) is 69.2 Å². The molecule has 0 unspecified atom stereocenters. The van der Waals surface area contributed by atoms with Crippen molar-refractivity contribution in [1.82, 2.24) is 14.8 Å². The minimum atomic E-state index is 0.0981. The molecule has 0 saturated heterocycles. The standard InChI is InChI=1S/C24H24N4OS2/c1-15-10-11-20(12-16(15)2)28-17(3)13-21(18(28)4)22(29)14-30-24-27-26-23(31-24)25-19-8-6-5-7-9-19/h5-13H,14H2,1-4H3,(H,25,26). The highest BCUT2D eigenvalue weighted by Gasteiger charge is 2.18. The number of para-hydroxylation sites is 1. The average Bonchev–Trinajstić information content (AvgIpc) is 3.32. The summed E-state index contributed by atoms with van der Waals surface area (Å²) >= 11 is 2.87. The number of nitrogens with one attached hydrogen (secondary N) is 1. The first kappa shape index (κ1) is 21.3. The summed E-state index contributed by atoms with van der Waals surface area (Å²) < 4.78 is 2.92. The van der Waals surface area contributed by atoms with Gasteiger partial charge in [-0.3, -0.25) is 4.79 Å². The molecule has 0 saturated carbocycles. The van der Waals surface area contributed by atoms with E-state index in [0.29, 0.717) is 10.9 Å². The van der Waals surface area contributed by atoms with E-state index in [2.05, 4.69) is 52.1 Å². The van der Waals surface area contributed by atoms with Gasteiger partial charge >= 0.3 is 0 Å². The molecule has 0 spiro atoms. The number of anilines is 2. The first-order chi connectivity index (χ1) is 14.9. The minimum Gasteiger partial charge on any atom is -0.330 e. The van der Waals surface area contributed by atoms with Crippen LogP contribution < -0.4 is 5.32 Å². The van der Waals surface area contributed by atoms with Gasteiger partial charge in [-0.2, -0.15) is 0 Å². The molecule has 0 aliphatic heterocycles. The number of hydrogen-bond acceptors (Lipinski definition) is 6. The van der Waals surface area contributed by atoms with E-state index in [-0.39, 0.29) is 5.78 Å². The molecular weight excluding hydrogens is 424 g/mol. The molecule has 2 heterocycles. The molecule has 0 aliphatic rings. The summed E-state index contributed by atoms with van der Waals surface area (Å²) in [5.41, 5.74) is 7.34. The summed E-state index contributed by atoms with van der Waals surface area (Å²) in [6.45, 7) is 8.26. The highest BCUT2D eigenvalue weighted by atomic mass is 32.2. The van der Waals surface area contributed by atoms with Crippen molar-refractivity contribution in [2.75, 3.05) is 11.1 Å². The largest absolute Gasteiger partial charge is 0.330 e. The van der Waals surface area contributed by atoms with Crippen LogP contribution in [0.4, 0.5) is 10.8 Å². The van der Waals surface area contributed by atoms with E-state index in [1.165, 1.54) is 34.2 Å². The Hall–Kier alpha value is -2.90. The van der Waals surface area contributed by atoms with Gasteiger partial charge in [0.25, 0.3) is 0 Å². The molecule has 7 heteroatoms. The Kier molecular flexibility index (Phi) is 6.25. The van der Waals surface area contributed by atoms with Crippen molar-refractivity contribution in [1.29, 1.82) is 0 Å². The first-order valence-corrected chi connectivity index (χ1v) is 11.8. The van der Waals surface area contributed by atoms with Crippen molar-refractivity contribution in [2.45, 2.75) is 32.0 Å². The molecule has 2 aromatic carbocycles. The molecule has 4 aromatic rings. The summed E-state index contributed by atoms with van der Waals surface area (Å²) in [6, 6.07) is 18.2.